The molecule has 1 aromatic heterocycles. The first-order valence-corrected chi connectivity index (χ1v) is 7.35. The number of benzene rings is 1. The van der Waals surface area contributed by atoms with E-state index in [-0.39, 0.29) is 0 Å². The second-order valence-electron chi connectivity index (χ2n) is 5.69. The minimum atomic E-state index is 0.553. The molecule has 0 unspecified atom stereocenters. The van der Waals surface area contributed by atoms with E-state index >= 15 is 0 Å². The van der Waals surface area contributed by atoms with E-state index < -0.39 is 0 Å². The molecule has 1 fully saturated rings. The smallest absolute Gasteiger partial charge is 0.115 e. The summed E-state index contributed by atoms with van der Waals surface area (Å²) in [6.07, 6.45) is 6.00. The van der Waals surface area contributed by atoms with Gasteiger partial charge >= 0.3 is 0 Å². The van der Waals surface area contributed by atoms with Crippen LogP contribution in [-0.2, 0) is 6.54 Å². The molecule has 1 aliphatic heterocycles. The molecular formula is C17H21N3. The third-order valence-corrected chi connectivity index (χ3v) is 4.06. The lowest BCUT2D eigenvalue weighted by Gasteiger charge is -2.32. The van der Waals surface area contributed by atoms with Crippen LogP contribution in [-0.4, -0.2) is 28.0 Å². The van der Waals surface area contributed by atoms with Gasteiger partial charge in [0.15, 0.2) is 0 Å². The Hall–Kier alpha value is -1.74. The van der Waals surface area contributed by atoms with Crippen molar-refractivity contribution < 1.29 is 0 Å². The minimum Gasteiger partial charge on any atom is -0.298 e. The summed E-state index contributed by atoms with van der Waals surface area (Å²) in [4.78, 5) is 11.0. The van der Waals surface area contributed by atoms with E-state index in [4.69, 9.17) is 0 Å². The Morgan fingerprint density at radius 3 is 2.80 bits per heavy atom. The molecule has 1 saturated heterocycles. The SMILES string of the molecule is Cc1ccc(CN2CCC[C@H](c3ccncn3)C2)cc1. The molecule has 20 heavy (non-hydrogen) atoms. The predicted molar refractivity (Wildman–Crippen MR) is 80.5 cm³/mol. The molecule has 3 heteroatoms. The molecule has 3 nitrogen and oxygen atoms in total. The summed E-state index contributed by atoms with van der Waals surface area (Å²) in [5.41, 5.74) is 3.92. The zero-order valence-corrected chi connectivity index (χ0v) is 12.0. The monoisotopic (exact) mass is 267 g/mol. The molecular weight excluding hydrogens is 246 g/mol. The average Bonchev–Trinajstić information content (AvgIpc) is 2.51. The normalized spacial score (nSPS) is 19.9. The second-order valence-corrected chi connectivity index (χ2v) is 5.69. The van der Waals surface area contributed by atoms with Crippen molar-refractivity contribution in [3.8, 4) is 0 Å². The number of hydrogen-bond acceptors (Lipinski definition) is 3. The first-order chi connectivity index (χ1) is 9.81. The van der Waals surface area contributed by atoms with Gasteiger partial charge in [0.2, 0.25) is 0 Å². The van der Waals surface area contributed by atoms with Crippen LogP contribution in [0.3, 0.4) is 0 Å². The predicted octanol–water partition coefficient (Wildman–Crippen LogP) is 3.16. The fraction of sp³-hybridized carbons (Fsp3) is 0.412. The number of piperidine rings is 1. The zero-order valence-electron chi connectivity index (χ0n) is 12.0. The molecule has 2 aromatic rings. The molecule has 1 aromatic carbocycles. The van der Waals surface area contributed by atoms with Crippen LogP contribution in [0, 0.1) is 6.92 Å². The quantitative estimate of drug-likeness (QED) is 0.855. The van der Waals surface area contributed by atoms with Gasteiger partial charge in [0.25, 0.3) is 0 Å². The highest BCUT2D eigenvalue weighted by atomic mass is 15.1. The van der Waals surface area contributed by atoms with Crippen LogP contribution in [0.25, 0.3) is 0 Å². The summed E-state index contributed by atoms with van der Waals surface area (Å²) in [7, 11) is 0. The van der Waals surface area contributed by atoms with E-state index in [9.17, 15) is 0 Å². The largest absolute Gasteiger partial charge is 0.298 e. The van der Waals surface area contributed by atoms with Crippen molar-refractivity contribution >= 4 is 0 Å². The van der Waals surface area contributed by atoms with Crippen LogP contribution >= 0.6 is 0 Å². The molecule has 0 spiro atoms. The van der Waals surface area contributed by atoms with Gasteiger partial charge in [-0.25, -0.2) is 9.97 Å². The van der Waals surface area contributed by atoms with Gasteiger partial charge in [0.1, 0.15) is 6.33 Å². The number of likely N-dealkylation sites (tertiary alicyclic amines) is 1. The Kier molecular flexibility index (Phi) is 4.07. The maximum Gasteiger partial charge on any atom is 0.115 e. The van der Waals surface area contributed by atoms with Crippen molar-refractivity contribution in [2.45, 2.75) is 32.2 Å². The maximum atomic E-state index is 4.42. The Morgan fingerprint density at radius 2 is 2.05 bits per heavy atom. The highest BCUT2D eigenvalue weighted by molar-refractivity contribution is 5.21. The lowest BCUT2D eigenvalue weighted by Crippen LogP contribution is -2.34. The van der Waals surface area contributed by atoms with Crippen LogP contribution in [0.1, 0.15) is 35.6 Å². The molecule has 0 N–H and O–H groups in total. The summed E-state index contributed by atoms with van der Waals surface area (Å²) < 4.78 is 0. The van der Waals surface area contributed by atoms with E-state index in [0.717, 1.165) is 13.1 Å². The van der Waals surface area contributed by atoms with E-state index in [1.807, 2.05) is 6.20 Å². The molecule has 0 saturated carbocycles. The number of hydrogen-bond donors (Lipinski definition) is 0. The molecule has 0 amide bonds. The van der Waals surface area contributed by atoms with Gasteiger partial charge in [0, 0.05) is 30.9 Å². The summed E-state index contributed by atoms with van der Waals surface area (Å²) in [6.45, 7) is 5.47. The Balaban J connectivity index is 1.65. The molecule has 3 rings (SSSR count). The van der Waals surface area contributed by atoms with Gasteiger partial charge in [0.05, 0.1) is 0 Å². The van der Waals surface area contributed by atoms with Crippen molar-refractivity contribution in [1.82, 2.24) is 14.9 Å². The third-order valence-electron chi connectivity index (χ3n) is 4.06. The molecule has 0 aliphatic carbocycles. The average molecular weight is 267 g/mol. The maximum absolute atomic E-state index is 4.42. The molecule has 1 aliphatic rings. The molecule has 0 bridgehead atoms. The van der Waals surface area contributed by atoms with E-state index in [1.165, 1.54) is 36.2 Å². The van der Waals surface area contributed by atoms with Gasteiger partial charge in [-0.15, -0.1) is 0 Å². The van der Waals surface area contributed by atoms with Crippen molar-refractivity contribution in [3.63, 3.8) is 0 Å². The van der Waals surface area contributed by atoms with E-state index in [2.05, 4.69) is 52.1 Å². The van der Waals surface area contributed by atoms with Crippen LogP contribution in [0.4, 0.5) is 0 Å². The van der Waals surface area contributed by atoms with Gasteiger partial charge in [-0.3, -0.25) is 4.90 Å². The number of aryl methyl sites for hydroxylation is 1. The highest BCUT2D eigenvalue weighted by Crippen LogP contribution is 2.26. The first-order valence-electron chi connectivity index (χ1n) is 7.35. The minimum absolute atomic E-state index is 0.553. The number of nitrogens with zero attached hydrogens (tertiary/aromatic N) is 3. The summed E-state index contributed by atoms with van der Waals surface area (Å²) in [5.74, 6) is 0.553. The lowest BCUT2D eigenvalue weighted by molar-refractivity contribution is 0.198. The number of aromatic nitrogens is 2. The topological polar surface area (TPSA) is 29.0 Å². The lowest BCUT2D eigenvalue weighted by atomic mass is 9.94. The van der Waals surface area contributed by atoms with Crippen molar-refractivity contribution in [1.29, 1.82) is 0 Å². The molecule has 104 valence electrons. The van der Waals surface area contributed by atoms with Gasteiger partial charge in [-0.2, -0.15) is 0 Å². The van der Waals surface area contributed by atoms with Crippen molar-refractivity contribution in [2.75, 3.05) is 13.1 Å². The van der Waals surface area contributed by atoms with Crippen LogP contribution in [0.2, 0.25) is 0 Å². The van der Waals surface area contributed by atoms with Crippen molar-refractivity contribution in [2.24, 2.45) is 0 Å². The first kappa shape index (κ1) is 13.3. The standard InChI is InChI=1S/C17H21N3/c1-14-4-6-15(7-5-14)11-20-10-2-3-16(12-20)17-8-9-18-13-19-17/h4-9,13,16H,2-3,10-12H2,1H3/t16-/m0/s1. The fourth-order valence-electron chi connectivity index (χ4n) is 2.93. The van der Waals surface area contributed by atoms with Gasteiger partial charge < -0.3 is 0 Å². The van der Waals surface area contributed by atoms with Crippen molar-refractivity contribution in [3.05, 3.63) is 59.7 Å². The fourth-order valence-corrected chi connectivity index (χ4v) is 2.93. The Bertz CT molecular complexity index is 536. The molecule has 2 heterocycles. The molecule has 0 radical (unpaired) electrons. The van der Waals surface area contributed by atoms with Crippen LogP contribution in [0.15, 0.2) is 42.9 Å². The summed E-state index contributed by atoms with van der Waals surface area (Å²) in [6, 6.07) is 10.9. The zero-order chi connectivity index (χ0) is 13.8. The summed E-state index contributed by atoms with van der Waals surface area (Å²) in [5, 5.41) is 0. The third kappa shape index (κ3) is 3.23. The van der Waals surface area contributed by atoms with Crippen LogP contribution in [0.5, 0.6) is 0 Å². The number of rotatable bonds is 3. The molecule has 1 atom stereocenters. The van der Waals surface area contributed by atoms with E-state index in [0.29, 0.717) is 5.92 Å². The summed E-state index contributed by atoms with van der Waals surface area (Å²) >= 11 is 0. The second kappa shape index (κ2) is 6.14. The highest BCUT2D eigenvalue weighted by Gasteiger charge is 2.22. The van der Waals surface area contributed by atoms with Gasteiger partial charge in [-0.05, 0) is 37.9 Å². The Morgan fingerprint density at radius 1 is 1.20 bits per heavy atom. The Labute approximate surface area is 120 Å². The van der Waals surface area contributed by atoms with E-state index in [1.54, 1.807) is 6.33 Å². The van der Waals surface area contributed by atoms with Crippen LogP contribution < -0.4 is 0 Å². The van der Waals surface area contributed by atoms with Gasteiger partial charge in [-0.1, -0.05) is 29.8 Å².